The van der Waals surface area contributed by atoms with Crippen LogP contribution in [0, 0.1) is 0 Å². The van der Waals surface area contributed by atoms with Crippen LogP contribution in [0.4, 0.5) is 0 Å². The van der Waals surface area contributed by atoms with Gasteiger partial charge in [-0.25, -0.2) is 0 Å². The number of hydrogen-bond donors (Lipinski definition) is 0. The lowest BCUT2D eigenvalue weighted by Crippen LogP contribution is -1.64. The van der Waals surface area contributed by atoms with E-state index in [4.69, 9.17) is 0 Å². The first-order valence-corrected chi connectivity index (χ1v) is 12.4. The molecule has 7 aromatic rings. The van der Waals surface area contributed by atoms with Crippen LogP contribution < -0.4 is 0 Å². The summed E-state index contributed by atoms with van der Waals surface area (Å²) in [5, 5.41) is 7.33. The van der Waals surface area contributed by atoms with Crippen molar-refractivity contribution in [3.8, 4) is 0 Å². The maximum absolute atomic E-state index is 2.44. The molecular formula is C18H6S6. The van der Waals surface area contributed by atoms with E-state index in [-0.39, 0.29) is 0 Å². The summed E-state index contributed by atoms with van der Waals surface area (Å²) >= 11 is 11.6. The molecule has 6 heterocycles. The summed E-state index contributed by atoms with van der Waals surface area (Å²) in [5.41, 5.74) is 0. The highest BCUT2D eigenvalue weighted by atomic mass is 32.1. The largest absolute Gasteiger partial charge is 0.141 e. The van der Waals surface area contributed by atoms with Crippen LogP contribution in [0.25, 0.3) is 57.8 Å². The first-order chi connectivity index (χ1) is 11.9. The molecule has 6 heteroatoms. The summed E-state index contributed by atoms with van der Waals surface area (Å²) in [6.45, 7) is 0. The zero-order valence-corrected chi connectivity index (χ0v) is 16.8. The summed E-state index contributed by atoms with van der Waals surface area (Å²) in [7, 11) is 0. The molecule has 0 aliphatic heterocycles. The maximum atomic E-state index is 2.44. The highest BCUT2D eigenvalue weighted by Crippen LogP contribution is 2.51. The number of hydrogen-bond acceptors (Lipinski definition) is 6. The van der Waals surface area contributed by atoms with Gasteiger partial charge in [0, 0.05) is 29.6 Å². The number of thiophene rings is 6. The van der Waals surface area contributed by atoms with Gasteiger partial charge in [0.05, 0.1) is 28.2 Å². The molecule has 0 unspecified atom stereocenters. The predicted octanol–water partition coefficient (Wildman–Crippen LogP) is 8.97. The molecule has 24 heavy (non-hydrogen) atoms. The third kappa shape index (κ3) is 1.49. The van der Waals surface area contributed by atoms with Crippen LogP contribution in [-0.2, 0) is 0 Å². The van der Waals surface area contributed by atoms with Gasteiger partial charge < -0.3 is 0 Å². The monoisotopic (exact) mass is 414 g/mol. The highest BCUT2D eigenvalue weighted by molar-refractivity contribution is 7.42. The van der Waals surface area contributed by atoms with Crippen LogP contribution in [0.1, 0.15) is 0 Å². The standard InChI is InChI=1S/C18H6S6/c1-3-19-15-9(1)21-13-7-5-12-8(6-11(7)23-17(13)15)14-18(24-12)16-10(22-14)2-4-20-16/h1-6H. The van der Waals surface area contributed by atoms with Gasteiger partial charge in [0.25, 0.3) is 0 Å². The van der Waals surface area contributed by atoms with E-state index in [1.165, 1.54) is 57.8 Å². The van der Waals surface area contributed by atoms with Gasteiger partial charge in [0.15, 0.2) is 0 Å². The minimum atomic E-state index is 1.44. The average Bonchev–Trinajstić information content (AvgIpc) is 3.33. The lowest BCUT2D eigenvalue weighted by atomic mass is 10.2. The van der Waals surface area contributed by atoms with Gasteiger partial charge in [0.1, 0.15) is 0 Å². The summed E-state index contributed by atoms with van der Waals surface area (Å²) in [6, 6.07) is 9.41. The molecule has 0 fully saturated rings. The molecule has 0 bridgehead atoms. The van der Waals surface area contributed by atoms with E-state index in [0.29, 0.717) is 0 Å². The molecule has 6 aromatic heterocycles. The smallest absolute Gasteiger partial charge is 0.0642 e. The Bertz CT molecular complexity index is 1430. The van der Waals surface area contributed by atoms with Crippen molar-refractivity contribution >= 4 is 126 Å². The SMILES string of the molecule is c1cc2sc3c4cc5sc6c7sccc7sc6c5cc4sc3c2s1. The Morgan fingerprint density at radius 1 is 0.458 bits per heavy atom. The van der Waals surface area contributed by atoms with E-state index < -0.39 is 0 Å². The van der Waals surface area contributed by atoms with Gasteiger partial charge in [-0.15, -0.1) is 68.0 Å². The summed E-state index contributed by atoms with van der Waals surface area (Å²) < 4.78 is 14.6. The van der Waals surface area contributed by atoms with Gasteiger partial charge in [0.2, 0.25) is 0 Å². The van der Waals surface area contributed by atoms with E-state index in [1.54, 1.807) is 0 Å². The van der Waals surface area contributed by atoms with E-state index >= 15 is 0 Å². The Morgan fingerprint density at radius 3 is 1.42 bits per heavy atom. The molecule has 114 valence electrons. The van der Waals surface area contributed by atoms with Crippen molar-refractivity contribution < 1.29 is 0 Å². The van der Waals surface area contributed by atoms with Crippen LogP contribution in [0.15, 0.2) is 35.0 Å². The van der Waals surface area contributed by atoms with Gasteiger partial charge >= 0.3 is 0 Å². The Kier molecular flexibility index (Phi) is 2.41. The third-order valence-electron chi connectivity index (χ3n) is 4.50. The van der Waals surface area contributed by atoms with Crippen molar-refractivity contribution in [1.82, 2.24) is 0 Å². The quantitative estimate of drug-likeness (QED) is 0.232. The van der Waals surface area contributed by atoms with Crippen molar-refractivity contribution in [1.29, 1.82) is 0 Å². The molecular weight excluding hydrogens is 409 g/mol. The Labute approximate surface area is 159 Å². The van der Waals surface area contributed by atoms with Crippen LogP contribution in [0.3, 0.4) is 0 Å². The van der Waals surface area contributed by atoms with Crippen LogP contribution in [0.2, 0.25) is 0 Å². The fourth-order valence-electron chi connectivity index (χ4n) is 3.45. The summed E-state index contributed by atoms with van der Waals surface area (Å²) in [4.78, 5) is 0. The van der Waals surface area contributed by atoms with Gasteiger partial charge in [-0.3, -0.25) is 0 Å². The lowest BCUT2D eigenvalue weighted by molar-refractivity contribution is 2.16. The highest BCUT2D eigenvalue weighted by Gasteiger charge is 2.17. The van der Waals surface area contributed by atoms with Gasteiger partial charge in [-0.05, 0) is 35.0 Å². The zero-order chi connectivity index (χ0) is 15.4. The van der Waals surface area contributed by atoms with Crippen molar-refractivity contribution in [3.63, 3.8) is 0 Å². The van der Waals surface area contributed by atoms with E-state index in [2.05, 4.69) is 35.0 Å². The molecule has 1 aromatic carbocycles. The van der Waals surface area contributed by atoms with E-state index in [0.717, 1.165) is 0 Å². The van der Waals surface area contributed by atoms with E-state index in [9.17, 15) is 0 Å². The fourth-order valence-corrected chi connectivity index (χ4v) is 11.2. The molecule has 0 nitrogen and oxygen atoms in total. The fraction of sp³-hybridized carbons (Fsp3) is 0. The molecule has 0 radical (unpaired) electrons. The molecule has 7 rings (SSSR count). The first kappa shape index (κ1) is 13.2. The minimum absolute atomic E-state index is 1.44. The van der Waals surface area contributed by atoms with Crippen LogP contribution in [0.5, 0.6) is 0 Å². The second-order valence-electron chi connectivity index (χ2n) is 5.80. The zero-order valence-electron chi connectivity index (χ0n) is 11.9. The van der Waals surface area contributed by atoms with Crippen molar-refractivity contribution in [2.75, 3.05) is 0 Å². The maximum Gasteiger partial charge on any atom is 0.0642 e. The van der Waals surface area contributed by atoms with Crippen LogP contribution >= 0.6 is 68.0 Å². The second kappa shape index (κ2) is 4.38. The third-order valence-corrected chi connectivity index (χ3v) is 11.9. The summed E-state index contributed by atoms with van der Waals surface area (Å²) in [6.07, 6.45) is 0. The average molecular weight is 415 g/mol. The molecule has 0 saturated carbocycles. The normalized spacial score (nSPS) is 13.0. The molecule has 0 amide bonds. The van der Waals surface area contributed by atoms with Gasteiger partial charge in [-0.2, -0.15) is 0 Å². The van der Waals surface area contributed by atoms with E-state index in [1.807, 2.05) is 68.0 Å². The number of benzene rings is 1. The Morgan fingerprint density at radius 2 is 0.917 bits per heavy atom. The van der Waals surface area contributed by atoms with Crippen molar-refractivity contribution in [2.45, 2.75) is 0 Å². The number of fused-ring (bicyclic) bond motifs is 10. The molecule has 0 aliphatic carbocycles. The lowest BCUT2D eigenvalue weighted by Gasteiger charge is -1.92. The molecule has 0 N–H and O–H groups in total. The Hall–Kier alpha value is -1.02. The molecule has 0 spiro atoms. The first-order valence-electron chi connectivity index (χ1n) is 7.41. The van der Waals surface area contributed by atoms with Crippen molar-refractivity contribution in [2.24, 2.45) is 0 Å². The minimum Gasteiger partial charge on any atom is -0.141 e. The second-order valence-corrected chi connectivity index (χ2v) is 11.8. The van der Waals surface area contributed by atoms with Crippen molar-refractivity contribution in [3.05, 3.63) is 35.0 Å². The number of rotatable bonds is 0. The molecule has 0 atom stereocenters. The molecule has 0 aliphatic rings. The molecule has 0 saturated heterocycles. The predicted molar refractivity (Wildman–Crippen MR) is 119 cm³/mol. The Balaban J connectivity index is 1.71. The van der Waals surface area contributed by atoms with Gasteiger partial charge in [-0.1, -0.05) is 0 Å². The van der Waals surface area contributed by atoms with Crippen LogP contribution in [-0.4, -0.2) is 0 Å². The summed E-state index contributed by atoms with van der Waals surface area (Å²) in [5.74, 6) is 0. The topological polar surface area (TPSA) is 0 Å².